The third-order valence-corrected chi connectivity index (χ3v) is 4.74. The van der Waals surface area contributed by atoms with E-state index in [1.807, 2.05) is 0 Å². The van der Waals surface area contributed by atoms with E-state index in [0.29, 0.717) is 23.4 Å². The molecule has 1 unspecified atom stereocenters. The molecule has 2 heterocycles. The summed E-state index contributed by atoms with van der Waals surface area (Å²) < 4.78 is 51.6. The lowest BCUT2D eigenvalue weighted by atomic mass is 10.1. The first-order valence-corrected chi connectivity index (χ1v) is 9.52. The summed E-state index contributed by atoms with van der Waals surface area (Å²) in [5, 5.41) is 3.72. The maximum atomic E-state index is 13.6. The third kappa shape index (κ3) is 4.64. The average Bonchev–Trinajstić information content (AvgIpc) is 3.37. The molecule has 162 valence electrons. The smallest absolute Gasteiger partial charge is 0.434 e. The van der Waals surface area contributed by atoms with Crippen LogP contribution in [0.25, 0.3) is 5.69 Å². The van der Waals surface area contributed by atoms with Crippen LogP contribution in [-0.4, -0.2) is 59.5 Å². The molecular weight excluding hydrogens is 403 g/mol. The maximum absolute atomic E-state index is 13.6. The zero-order chi connectivity index (χ0) is 21.9. The van der Waals surface area contributed by atoms with Crippen molar-refractivity contribution in [3.8, 4) is 5.69 Å². The molecule has 0 aliphatic carbocycles. The first-order valence-electron chi connectivity index (χ1n) is 9.52. The molecule has 1 amide bonds. The van der Waals surface area contributed by atoms with Crippen molar-refractivity contribution in [2.75, 3.05) is 26.8 Å². The molecule has 10 heteroatoms. The molecule has 1 atom stereocenters. The molecule has 0 saturated carbocycles. The number of nitrogens with zero attached hydrogens (tertiary/aromatic N) is 3. The van der Waals surface area contributed by atoms with Gasteiger partial charge in [-0.05, 0) is 44.0 Å². The Bertz CT molecular complexity index is 903. The third-order valence-electron chi connectivity index (χ3n) is 4.74. The molecule has 0 radical (unpaired) electrons. The van der Waals surface area contributed by atoms with Gasteiger partial charge in [-0.2, -0.15) is 18.3 Å². The van der Waals surface area contributed by atoms with Gasteiger partial charge in [-0.25, -0.2) is 9.48 Å². The fourth-order valence-corrected chi connectivity index (χ4v) is 3.32. The Hall–Kier alpha value is -2.88. The number of alkyl halides is 3. The van der Waals surface area contributed by atoms with Gasteiger partial charge in [0.25, 0.3) is 5.91 Å². The summed E-state index contributed by atoms with van der Waals surface area (Å²) in [6.45, 7) is 2.57. The second-order valence-electron chi connectivity index (χ2n) is 6.90. The van der Waals surface area contributed by atoms with E-state index in [1.165, 1.54) is 36.1 Å². The van der Waals surface area contributed by atoms with Crippen LogP contribution in [0.2, 0.25) is 0 Å². The highest BCUT2D eigenvalue weighted by Crippen LogP contribution is 2.34. The number of rotatable bonds is 6. The number of halogens is 3. The van der Waals surface area contributed by atoms with E-state index in [9.17, 15) is 22.8 Å². The molecule has 2 aromatic rings. The molecule has 3 rings (SSSR count). The van der Waals surface area contributed by atoms with Crippen molar-refractivity contribution >= 4 is 11.9 Å². The van der Waals surface area contributed by atoms with Crippen molar-refractivity contribution in [1.29, 1.82) is 0 Å². The van der Waals surface area contributed by atoms with Gasteiger partial charge in [0.15, 0.2) is 5.69 Å². The van der Waals surface area contributed by atoms with E-state index in [0.717, 1.165) is 19.0 Å². The van der Waals surface area contributed by atoms with Gasteiger partial charge in [0.1, 0.15) is 5.56 Å². The predicted molar refractivity (Wildman–Crippen MR) is 100 cm³/mol. The summed E-state index contributed by atoms with van der Waals surface area (Å²) in [6.07, 6.45) is -2.15. The standard InChI is InChI=1S/C20H22F3N3O4/c1-3-29-19(28)16-11-24-26(17(16)20(21,22)23)14-8-6-13(7-9-14)18(27)25(2)12-15-5-4-10-30-15/h6-9,11,15H,3-5,10,12H2,1-2H3. The van der Waals surface area contributed by atoms with Crippen LogP contribution in [0.15, 0.2) is 30.5 Å². The Labute approximate surface area is 171 Å². The molecule has 0 spiro atoms. The highest BCUT2D eigenvalue weighted by Gasteiger charge is 2.41. The maximum Gasteiger partial charge on any atom is 0.434 e. The molecule has 0 N–H and O–H groups in total. The van der Waals surface area contributed by atoms with E-state index in [1.54, 1.807) is 7.05 Å². The number of aromatic nitrogens is 2. The molecule has 1 fully saturated rings. The molecule has 30 heavy (non-hydrogen) atoms. The van der Waals surface area contributed by atoms with Gasteiger partial charge < -0.3 is 14.4 Å². The second kappa shape index (κ2) is 8.86. The SMILES string of the molecule is CCOC(=O)c1cnn(-c2ccc(C(=O)N(C)CC3CCCO3)cc2)c1C(F)(F)F. The highest BCUT2D eigenvalue weighted by atomic mass is 19.4. The van der Waals surface area contributed by atoms with Crippen molar-refractivity contribution in [1.82, 2.24) is 14.7 Å². The normalized spacial score (nSPS) is 16.5. The summed E-state index contributed by atoms with van der Waals surface area (Å²) >= 11 is 0. The molecule has 1 aliphatic heterocycles. The molecule has 1 aromatic carbocycles. The van der Waals surface area contributed by atoms with Gasteiger partial charge in [-0.1, -0.05) is 0 Å². The number of esters is 1. The Kier molecular flexibility index (Phi) is 6.45. The molecular formula is C20H22F3N3O4. The Morgan fingerprint density at radius 3 is 2.57 bits per heavy atom. The Morgan fingerprint density at radius 2 is 2.00 bits per heavy atom. The number of ether oxygens (including phenoxy) is 2. The molecule has 0 bridgehead atoms. The predicted octanol–water partition coefficient (Wildman–Crippen LogP) is 3.32. The number of hydrogen-bond acceptors (Lipinski definition) is 5. The van der Waals surface area contributed by atoms with Crippen LogP contribution in [0.4, 0.5) is 13.2 Å². The molecule has 1 aromatic heterocycles. The molecule has 7 nitrogen and oxygen atoms in total. The topological polar surface area (TPSA) is 73.7 Å². The van der Waals surface area contributed by atoms with E-state index in [-0.39, 0.29) is 24.3 Å². The summed E-state index contributed by atoms with van der Waals surface area (Å²) in [5.41, 5.74) is -1.50. The largest absolute Gasteiger partial charge is 0.462 e. The molecule has 1 saturated heterocycles. The summed E-state index contributed by atoms with van der Waals surface area (Å²) in [6, 6.07) is 5.56. The van der Waals surface area contributed by atoms with Crippen LogP contribution in [0, 0.1) is 0 Å². The van der Waals surface area contributed by atoms with Gasteiger partial charge in [-0.3, -0.25) is 4.79 Å². The monoisotopic (exact) mass is 425 g/mol. The number of carbonyl (C=O) groups excluding carboxylic acids is 2. The van der Waals surface area contributed by atoms with Crippen LogP contribution < -0.4 is 0 Å². The minimum Gasteiger partial charge on any atom is -0.462 e. The van der Waals surface area contributed by atoms with Crippen molar-refractivity contribution < 1.29 is 32.2 Å². The zero-order valence-electron chi connectivity index (χ0n) is 16.6. The zero-order valence-corrected chi connectivity index (χ0v) is 16.6. The van der Waals surface area contributed by atoms with Crippen LogP contribution in [0.5, 0.6) is 0 Å². The lowest BCUT2D eigenvalue weighted by molar-refractivity contribution is -0.143. The van der Waals surface area contributed by atoms with E-state index in [4.69, 9.17) is 9.47 Å². The van der Waals surface area contributed by atoms with Crippen LogP contribution in [-0.2, 0) is 15.7 Å². The van der Waals surface area contributed by atoms with Crippen molar-refractivity contribution in [3.05, 3.63) is 47.3 Å². The minimum absolute atomic E-state index is 0.00191. The van der Waals surface area contributed by atoms with Crippen LogP contribution >= 0.6 is 0 Å². The van der Waals surface area contributed by atoms with Gasteiger partial charge in [-0.15, -0.1) is 0 Å². The fourth-order valence-electron chi connectivity index (χ4n) is 3.32. The fraction of sp³-hybridized carbons (Fsp3) is 0.450. The van der Waals surface area contributed by atoms with Crippen LogP contribution in [0.1, 0.15) is 46.2 Å². The van der Waals surface area contributed by atoms with Gasteiger partial charge in [0, 0.05) is 25.8 Å². The number of amides is 1. The van der Waals surface area contributed by atoms with Crippen molar-refractivity contribution in [2.45, 2.75) is 32.0 Å². The lowest BCUT2D eigenvalue weighted by Crippen LogP contribution is -2.34. The van der Waals surface area contributed by atoms with Crippen molar-refractivity contribution in [3.63, 3.8) is 0 Å². The van der Waals surface area contributed by atoms with Gasteiger partial charge in [0.2, 0.25) is 0 Å². The second-order valence-corrected chi connectivity index (χ2v) is 6.90. The number of carbonyl (C=O) groups is 2. The van der Waals surface area contributed by atoms with Crippen LogP contribution in [0.3, 0.4) is 0 Å². The Morgan fingerprint density at radius 1 is 1.30 bits per heavy atom. The Balaban J connectivity index is 1.83. The first kappa shape index (κ1) is 21.8. The quantitative estimate of drug-likeness (QED) is 0.664. The minimum atomic E-state index is -4.82. The van der Waals surface area contributed by atoms with E-state index in [2.05, 4.69) is 5.10 Å². The highest BCUT2D eigenvalue weighted by molar-refractivity contribution is 5.94. The number of likely N-dealkylation sites (N-methyl/N-ethyl adjacent to an activating group) is 1. The van der Waals surface area contributed by atoms with E-state index < -0.39 is 23.4 Å². The van der Waals surface area contributed by atoms with Gasteiger partial charge in [0.05, 0.1) is 24.6 Å². The average molecular weight is 425 g/mol. The van der Waals surface area contributed by atoms with Gasteiger partial charge >= 0.3 is 12.1 Å². The summed E-state index contributed by atoms with van der Waals surface area (Å²) in [7, 11) is 1.65. The summed E-state index contributed by atoms with van der Waals surface area (Å²) in [4.78, 5) is 26.0. The molecule has 1 aliphatic rings. The first-order chi connectivity index (χ1) is 14.2. The number of hydrogen-bond donors (Lipinski definition) is 0. The van der Waals surface area contributed by atoms with Crippen molar-refractivity contribution in [2.24, 2.45) is 0 Å². The van der Waals surface area contributed by atoms with E-state index >= 15 is 0 Å². The lowest BCUT2D eigenvalue weighted by Gasteiger charge is -2.21. The summed E-state index contributed by atoms with van der Waals surface area (Å²) in [5.74, 6) is -1.36. The number of benzene rings is 1.